The average molecular weight is 1370 g/mol. The number of phosphoric acid groups is 2. The molecule has 0 saturated carbocycles. The molecule has 0 aromatic rings. The van der Waals surface area contributed by atoms with E-state index in [1.807, 2.05) is 0 Å². The minimum Gasteiger partial charge on any atom is -0.463 e. The van der Waals surface area contributed by atoms with Gasteiger partial charge in [-0.15, -0.1) is 0 Å². The first kappa shape index (κ1) is 90.4. The van der Waals surface area contributed by atoms with Crippen LogP contribution in [0, 0.1) is 0 Å². The lowest BCUT2D eigenvalue weighted by Crippen LogP contribution is -2.30. The minimum atomic E-state index is -4.94. The molecular formula is C77H128O16P2. The Balaban J connectivity index is 4.64. The molecule has 0 rings (SSSR count). The van der Waals surface area contributed by atoms with Crippen molar-refractivity contribution >= 4 is 33.6 Å². The molecule has 0 radical (unpaired) electrons. The molecule has 4 N–H and O–H groups in total. The van der Waals surface area contributed by atoms with E-state index in [0.29, 0.717) is 19.3 Å². The Kier molecular flexibility index (Phi) is 66.0. The van der Waals surface area contributed by atoms with Crippen molar-refractivity contribution in [2.24, 2.45) is 0 Å². The third-order valence-electron chi connectivity index (χ3n) is 14.5. The normalized spacial score (nSPS) is 15.0. The first-order chi connectivity index (χ1) is 46.2. The molecule has 5 atom stereocenters. The molecule has 5 unspecified atom stereocenters. The van der Waals surface area contributed by atoms with Crippen molar-refractivity contribution in [1.29, 1.82) is 0 Å². The summed E-state index contributed by atoms with van der Waals surface area (Å²) in [6, 6.07) is 0. The van der Waals surface area contributed by atoms with Gasteiger partial charge in [0.2, 0.25) is 0 Å². The lowest BCUT2D eigenvalue weighted by molar-refractivity contribution is -0.161. The Labute approximate surface area is 575 Å². The summed E-state index contributed by atoms with van der Waals surface area (Å²) in [5.74, 6) is -1.63. The quantitative estimate of drug-likeness (QED) is 0.0146. The van der Waals surface area contributed by atoms with E-state index in [9.17, 15) is 43.5 Å². The number of hydrogen-bond donors (Lipinski definition) is 4. The van der Waals surface area contributed by atoms with E-state index in [0.717, 1.165) is 180 Å². The van der Waals surface area contributed by atoms with Gasteiger partial charge in [-0.25, -0.2) is 9.13 Å². The monoisotopic (exact) mass is 1370 g/mol. The van der Waals surface area contributed by atoms with Gasteiger partial charge >= 0.3 is 33.6 Å². The van der Waals surface area contributed by atoms with Crippen molar-refractivity contribution in [2.75, 3.05) is 39.6 Å². The Hall–Kier alpha value is -4.57. The molecule has 16 nitrogen and oxygen atoms in total. The fraction of sp³-hybridized carbons (Fsp3) is 0.649. The van der Waals surface area contributed by atoms with E-state index in [-0.39, 0.29) is 19.3 Å². The number of ether oxygens (including phenoxy) is 3. The molecule has 0 heterocycles. The van der Waals surface area contributed by atoms with Crippen LogP contribution in [0.4, 0.5) is 0 Å². The van der Waals surface area contributed by atoms with E-state index in [4.69, 9.17) is 32.3 Å². The molecule has 0 amide bonds. The summed E-state index contributed by atoms with van der Waals surface area (Å²) in [6.07, 6.45) is 83.2. The zero-order chi connectivity index (χ0) is 69.5. The summed E-state index contributed by atoms with van der Waals surface area (Å²) >= 11 is 0. The maximum Gasteiger partial charge on any atom is 0.472 e. The number of phosphoric ester groups is 2. The number of aliphatic hydroxyl groups is 2. The van der Waals surface area contributed by atoms with Crippen LogP contribution in [0.25, 0.3) is 0 Å². The van der Waals surface area contributed by atoms with Crippen LogP contribution < -0.4 is 0 Å². The molecule has 0 fully saturated rings. The van der Waals surface area contributed by atoms with Crippen molar-refractivity contribution in [3.8, 4) is 0 Å². The lowest BCUT2D eigenvalue weighted by Gasteiger charge is -2.21. The first-order valence-electron chi connectivity index (χ1n) is 36.1. The highest BCUT2D eigenvalue weighted by atomic mass is 31.2. The number of carbonyl (C=O) groups is 3. The van der Waals surface area contributed by atoms with Gasteiger partial charge in [0, 0.05) is 19.3 Å². The summed E-state index contributed by atoms with van der Waals surface area (Å²) in [6.45, 7) is 2.28. The van der Waals surface area contributed by atoms with Crippen LogP contribution in [0.1, 0.15) is 265 Å². The highest BCUT2D eigenvalue weighted by Gasteiger charge is 2.29. The highest BCUT2D eigenvalue weighted by Crippen LogP contribution is 2.45. The van der Waals surface area contributed by atoms with E-state index in [1.165, 1.54) is 25.7 Å². The molecular weight excluding hydrogens is 1240 g/mol. The van der Waals surface area contributed by atoms with Gasteiger partial charge in [-0.1, -0.05) is 256 Å². The predicted molar refractivity (Wildman–Crippen MR) is 389 cm³/mol. The Morgan fingerprint density at radius 2 is 0.526 bits per heavy atom. The second-order valence-electron chi connectivity index (χ2n) is 23.6. The minimum absolute atomic E-state index is 0.0832. The van der Waals surface area contributed by atoms with Gasteiger partial charge < -0.3 is 34.2 Å². The van der Waals surface area contributed by atoms with Gasteiger partial charge in [0.25, 0.3) is 0 Å². The van der Waals surface area contributed by atoms with Crippen molar-refractivity contribution in [2.45, 2.75) is 283 Å². The van der Waals surface area contributed by atoms with Crippen LogP contribution >= 0.6 is 15.6 Å². The molecule has 0 aromatic carbocycles. The van der Waals surface area contributed by atoms with Crippen molar-refractivity contribution in [3.05, 3.63) is 146 Å². The van der Waals surface area contributed by atoms with Gasteiger partial charge in [-0.3, -0.25) is 32.5 Å². The summed E-state index contributed by atoms with van der Waals surface area (Å²) in [7, 11) is -9.80. The second-order valence-corrected chi connectivity index (χ2v) is 26.5. The van der Waals surface area contributed by atoms with Gasteiger partial charge in [-0.05, 0) is 135 Å². The Morgan fingerprint density at radius 1 is 0.295 bits per heavy atom. The summed E-state index contributed by atoms with van der Waals surface area (Å²) in [5.41, 5.74) is 0. The molecule has 0 saturated heterocycles. The van der Waals surface area contributed by atoms with Crippen molar-refractivity contribution in [3.63, 3.8) is 0 Å². The predicted octanol–water partition coefficient (Wildman–Crippen LogP) is 20.5. The Morgan fingerprint density at radius 3 is 0.832 bits per heavy atom. The van der Waals surface area contributed by atoms with Crippen molar-refractivity contribution < 1.29 is 75.8 Å². The summed E-state index contributed by atoms with van der Waals surface area (Å²) in [5, 5.41) is 20.6. The van der Waals surface area contributed by atoms with Crippen LogP contribution in [0.3, 0.4) is 0 Å². The third kappa shape index (κ3) is 70.6. The number of rotatable bonds is 67. The lowest BCUT2D eigenvalue weighted by atomic mass is 10.1. The van der Waals surface area contributed by atoms with E-state index >= 15 is 0 Å². The fourth-order valence-corrected chi connectivity index (χ4v) is 10.7. The number of allylic oxidation sites excluding steroid dienone is 24. The average Bonchev–Trinajstić information content (AvgIpc) is 1.77. The maximum absolute atomic E-state index is 12.9. The van der Waals surface area contributed by atoms with Crippen LogP contribution in [0.5, 0.6) is 0 Å². The van der Waals surface area contributed by atoms with E-state index in [1.54, 1.807) is 0 Å². The molecule has 0 aliphatic carbocycles. The molecule has 0 aliphatic heterocycles. The molecule has 18 heteroatoms. The largest absolute Gasteiger partial charge is 0.472 e. The Bertz CT molecular complexity index is 2310. The fourth-order valence-electron chi connectivity index (χ4n) is 9.13. The molecule has 95 heavy (non-hydrogen) atoms. The first-order valence-corrected chi connectivity index (χ1v) is 39.1. The molecule has 0 aromatic heterocycles. The van der Waals surface area contributed by atoms with E-state index < -0.39 is 91.5 Å². The van der Waals surface area contributed by atoms with Gasteiger partial charge in [0.1, 0.15) is 25.4 Å². The van der Waals surface area contributed by atoms with Crippen LogP contribution in [-0.4, -0.2) is 95.9 Å². The number of aliphatic hydroxyl groups excluding tert-OH is 2. The third-order valence-corrected chi connectivity index (χ3v) is 16.4. The smallest absolute Gasteiger partial charge is 0.463 e. The van der Waals surface area contributed by atoms with Crippen molar-refractivity contribution in [1.82, 2.24) is 0 Å². The topological polar surface area (TPSA) is 231 Å². The molecule has 0 spiro atoms. The second kappa shape index (κ2) is 69.3. The zero-order valence-corrected chi connectivity index (χ0v) is 60.6. The van der Waals surface area contributed by atoms with Gasteiger partial charge in [-0.2, -0.15) is 0 Å². The van der Waals surface area contributed by atoms with Crippen LogP contribution in [0.15, 0.2) is 146 Å². The van der Waals surface area contributed by atoms with E-state index in [2.05, 4.69) is 167 Å². The maximum atomic E-state index is 12.9. The zero-order valence-electron chi connectivity index (χ0n) is 58.8. The molecule has 0 aliphatic rings. The molecule has 0 bridgehead atoms. The number of unbranched alkanes of at least 4 members (excludes halogenated alkanes) is 20. The standard InChI is InChI=1S/C77H128O16P2/c1-4-7-10-13-16-19-22-25-28-31-32-33-34-35-36-37-38-41-43-45-48-51-54-57-60-63-75(80)87-66-72(78)67-89-94(83,84)90-68-73(79)69-91-95(85,86)92-71-74(93-77(82)65-62-59-56-53-50-47-44-40-30-27-24-21-18-15-12-9-6-3)70-88-76(81)64-61-58-55-52-49-46-42-39-29-26-23-20-17-14-11-8-5-2/h7-12,16-21,25-30,32-33,35-36,42,46,72-74,78-79H,4-6,13-15,22-24,31,34,37-41,43-45,47-71H2,1-3H3,(H,83,84)(H,85,86)/b10-7-,11-8-,12-9-,19-16-,20-17-,21-18-,28-25-,29-26-,30-27-,33-32-,36-35-,46-42-. The van der Waals surface area contributed by atoms with Crippen LogP contribution in [0.2, 0.25) is 0 Å². The number of carbonyl (C=O) groups excluding carboxylic acids is 3. The van der Waals surface area contributed by atoms with Gasteiger partial charge in [0.15, 0.2) is 6.10 Å². The SMILES string of the molecule is CC/C=C\C/C=C\C/C=C\C/C=C\C/C=C\CCCCCCCCCCCC(=O)OCC(O)COP(=O)(O)OCC(O)COP(=O)(O)OCC(COC(=O)CCCCCC/C=C\C/C=C\C/C=C\C/C=C\CC)OC(=O)CCCCCCCCC/C=C\C/C=C\C/C=C\CC. The number of esters is 3. The van der Waals surface area contributed by atoms with Gasteiger partial charge in [0.05, 0.1) is 26.4 Å². The summed E-state index contributed by atoms with van der Waals surface area (Å²) < 4.78 is 61.0. The molecule has 542 valence electrons. The summed E-state index contributed by atoms with van der Waals surface area (Å²) in [4.78, 5) is 58.5. The number of hydrogen-bond acceptors (Lipinski definition) is 14. The van der Waals surface area contributed by atoms with Crippen LogP contribution in [-0.2, 0) is 55.8 Å². The highest BCUT2D eigenvalue weighted by molar-refractivity contribution is 7.47.